The van der Waals surface area contributed by atoms with E-state index in [-0.39, 0.29) is 30.7 Å². The molecule has 1 saturated heterocycles. The van der Waals surface area contributed by atoms with Crippen LogP contribution in [0.2, 0.25) is 0 Å². The Balaban J connectivity index is 1.79. The molecule has 6 nitrogen and oxygen atoms in total. The minimum absolute atomic E-state index is 0.131. The van der Waals surface area contributed by atoms with Crippen LogP contribution in [0.3, 0.4) is 0 Å². The topological polar surface area (TPSA) is 75.7 Å². The van der Waals surface area contributed by atoms with E-state index in [0.29, 0.717) is 18.5 Å². The second-order valence-electron chi connectivity index (χ2n) is 4.79. The number of carbonyl (C=O) groups excluding carboxylic acids is 3. The van der Waals surface area contributed by atoms with Crippen LogP contribution in [0.5, 0.6) is 0 Å². The maximum absolute atomic E-state index is 12.1. The van der Waals surface area contributed by atoms with Crippen LogP contribution in [-0.2, 0) is 14.3 Å². The SMILES string of the molecule is COC(=O)C1CCCN1C(=O)CCNC(=O)c1ccsc1. The fourth-order valence-electron chi connectivity index (χ4n) is 2.37. The molecule has 0 radical (unpaired) electrons. The van der Waals surface area contributed by atoms with Crippen LogP contribution in [0.4, 0.5) is 0 Å². The van der Waals surface area contributed by atoms with Gasteiger partial charge in [-0.3, -0.25) is 9.59 Å². The van der Waals surface area contributed by atoms with Gasteiger partial charge in [0, 0.05) is 30.5 Å². The lowest BCUT2D eigenvalue weighted by molar-refractivity contribution is -0.150. The van der Waals surface area contributed by atoms with Gasteiger partial charge in [-0.05, 0) is 24.3 Å². The summed E-state index contributed by atoms with van der Waals surface area (Å²) in [5, 5.41) is 6.28. The highest BCUT2D eigenvalue weighted by Gasteiger charge is 2.34. The third kappa shape index (κ3) is 3.81. The van der Waals surface area contributed by atoms with Crippen molar-refractivity contribution in [1.29, 1.82) is 0 Å². The zero-order chi connectivity index (χ0) is 15.2. The van der Waals surface area contributed by atoms with Gasteiger partial charge in [0.2, 0.25) is 5.91 Å². The van der Waals surface area contributed by atoms with Crippen molar-refractivity contribution in [2.75, 3.05) is 20.2 Å². The molecule has 1 aliphatic heterocycles. The number of ether oxygens (including phenoxy) is 1. The summed E-state index contributed by atoms with van der Waals surface area (Å²) in [7, 11) is 1.32. The van der Waals surface area contributed by atoms with Gasteiger partial charge in [0.05, 0.1) is 7.11 Å². The van der Waals surface area contributed by atoms with Crippen LogP contribution in [-0.4, -0.2) is 48.9 Å². The molecule has 2 heterocycles. The number of carbonyl (C=O) groups is 3. The van der Waals surface area contributed by atoms with Crippen LogP contribution < -0.4 is 5.32 Å². The molecule has 114 valence electrons. The van der Waals surface area contributed by atoms with E-state index in [1.807, 2.05) is 5.38 Å². The Labute approximate surface area is 127 Å². The predicted octanol–water partition coefficient (Wildman–Crippen LogP) is 1.03. The molecule has 1 unspecified atom stereocenters. The molecule has 2 amide bonds. The van der Waals surface area contributed by atoms with Crippen molar-refractivity contribution in [2.45, 2.75) is 25.3 Å². The summed E-state index contributed by atoms with van der Waals surface area (Å²) < 4.78 is 4.70. The molecule has 2 rings (SSSR count). The maximum Gasteiger partial charge on any atom is 0.328 e. The molecular weight excluding hydrogens is 292 g/mol. The fraction of sp³-hybridized carbons (Fsp3) is 0.500. The number of hydrogen-bond acceptors (Lipinski definition) is 5. The number of hydrogen-bond donors (Lipinski definition) is 1. The van der Waals surface area contributed by atoms with Gasteiger partial charge < -0.3 is 15.0 Å². The summed E-state index contributed by atoms with van der Waals surface area (Å²) in [5.41, 5.74) is 0.598. The molecule has 0 aliphatic carbocycles. The lowest BCUT2D eigenvalue weighted by atomic mass is 10.2. The molecule has 1 N–H and O–H groups in total. The second-order valence-corrected chi connectivity index (χ2v) is 5.57. The summed E-state index contributed by atoms with van der Waals surface area (Å²) in [4.78, 5) is 37.0. The number of amides is 2. The summed E-state index contributed by atoms with van der Waals surface area (Å²) in [5.74, 6) is -0.688. The summed E-state index contributed by atoms with van der Waals surface area (Å²) in [6.45, 7) is 0.828. The van der Waals surface area contributed by atoms with Gasteiger partial charge in [0.25, 0.3) is 5.91 Å². The van der Waals surface area contributed by atoms with E-state index in [2.05, 4.69) is 5.32 Å². The van der Waals surface area contributed by atoms with Crippen molar-refractivity contribution >= 4 is 29.1 Å². The molecule has 1 fully saturated rings. The predicted molar refractivity (Wildman–Crippen MR) is 78.0 cm³/mol. The zero-order valence-corrected chi connectivity index (χ0v) is 12.6. The van der Waals surface area contributed by atoms with E-state index in [1.54, 1.807) is 16.3 Å². The van der Waals surface area contributed by atoms with Crippen LogP contribution in [0, 0.1) is 0 Å². The number of nitrogens with zero attached hydrogens (tertiary/aromatic N) is 1. The minimum atomic E-state index is -0.477. The first-order chi connectivity index (χ1) is 10.1. The van der Waals surface area contributed by atoms with E-state index < -0.39 is 6.04 Å². The molecule has 1 aromatic rings. The van der Waals surface area contributed by atoms with Gasteiger partial charge >= 0.3 is 5.97 Å². The molecule has 7 heteroatoms. The summed E-state index contributed by atoms with van der Waals surface area (Å²) in [6, 6.07) is 1.25. The Kier molecular flexibility index (Phi) is 5.32. The second kappa shape index (κ2) is 7.21. The minimum Gasteiger partial charge on any atom is -0.467 e. The van der Waals surface area contributed by atoms with E-state index in [9.17, 15) is 14.4 Å². The summed E-state index contributed by atoms with van der Waals surface area (Å²) >= 11 is 1.45. The number of rotatable bonds is 5. The Morgan fingerprint density at radius 1 is 1.48 bits per heavy atom. The fourth-order valence-corrected chi connectivity index (χ4v) is 3.00. The lowest BCUT2D eigenvalue weighted by Gasteiger charge is -2.22. The first kappa shape index (κ1) is 15.5. The normalized spacial score (nSPS) is 17.6. The monoisotopic (exact) mass is 310 g/mol. The Bertz CT molecular complexity index is 515. The van der Waals surface area contributed by atoms with Crippen molar-refractivity contribution in [3.05, 3.63) is 22.4 Å². The number of thiophene rings is 1. The highest BCUT2D eigenvalue weighted by atomic mass is 32.1. The largest absolute Gasteiger partial charge is 0.467 e. The van der Waals surface area contributed by atoms with Crippen LogP contribution in [0.1, 0.15) is 29.6 Å². The van der Waals surface area contributed by atoms with Crippen LogP contribution in [0.15, 0.2) is 16.8 Å². The molecule has 0 bridgehead atoms. The van der Waals surface area contributed by atoms with Crippen molar-refractivity contribution in [3.8, 4) is 0 Å². The highest BCUT2D eigenvalue weighted by molar-refractivity contribution is 7.08. The first-order valence-electron chi connectivity index (χ1n) is 6.81. The van der Waals surface area contributed by atoms with Gasteiger partial charge in [0.1, 0.15) is 6.04 Å². The Hall–Kier alpha value is -1.89. The highest BCUT2D eigenvalue weighted by Crippen LogP contribution is 2.19. The molecule has 0 spiro atoms. The van der Waals surface area contributed by atoms with Gasteiger partial charge in [-0.1, -0.05) is 0 Å². The smallest absolute Gasteiger partial charge is 0.328 e. The van der Waals surface area contributed by atoms with Gasteiger partial charge in [-0.15, -0.1) is 0 Å². The van der Waals surface area contributed by atoms with Crippen molar-refractivity contribution < 1.29 is 19.1 Å². The van der Waals surface area contributed by atoms with Crippen molar-refractivity contribution in [1.82, 2.24) is 10.2 Å². The maximum atomic E-state index is 12.1. The number of nitrogens with one attached hydrogen (secondary N) is 1. The average molecular weight is 310 g/mol. The lowest BCUT2D eigenvalue weighted by Crippen LogP contribution is -2.42. The molecule has 0 saturated carbocycles. The van der Waals surface area contributed by atoms with Gasteiger partial charge in [-0.25, -0.2) is 4.79 Å². The standard InChI is InChI=1S/C14H18N2O4S/c1-20-14(19)11-3-2-7-16(11)12(17)4-6-15-13(18)10-5-8-21-9-10/h5,8-9,11H,2-4,6-7H2,1H3,(H,15,18). The van der Waals surface area contributed by atoms with Crippen LogP contribution in [0.25, 0.3) is 0 Å². The van der Waals surface area contributed by atoms with E-state index in [4.69, 9.17) is 4.74 Å². The number of esters is 1. The first-order valence-corrected chi connectivity index (χ1v) is 7.75. The molecule has 1 atom stereocenters. The van der Waals surface area contributed by atoms with Crippen molar-refractivity contribution in [2.24, 2.45) is 0 Å². The quantitative estimate of drug-likeness (QED) is 0.824. The zero-order valence-electron chi connectivity index (χ0n) is 11.8. The molecule has 1 aromatic heterocycles. The van der Waals surface area contributed by atoms with Gasteiger partial charge in [-0.2, -0.15) is 11.3 Å². The third-order valence-corrected chi connectivity index (χ3v) is 4.14. The average Bonchev–Trinajstić information content (AvgIpc) is 3.16. The van der Waals surface area contributed by atoms with Gasteiger partial charge in [0.15, 0.2) is 0 Å². The van der Waals surface area contributed by atoms with E-state index in [1.165, 1.54) is 18.4 Å². The number of methoxy groups -OCH3 is 1. The van der Waals surface area contributed by atoms with E-state index >= 15 is 0 Å². The Morgan fingerprint density at radius 3 is 2.95 bits per heavy atom. The Morgan fingerprint density at radius 2 is 2.29 bits per heavy atom. The summed E-state index contributed by atoms with van der Waals surface area (Å²) in [6.07, 6.45) is 1.62. The molecule has 1 aliphatic rings. The molecule has 21 heavy (non-hydrogen) atoms. The molecular formula is C14H18N2O4S. The van der Waals surface area contributed by atoms with Crippen molar-refractivity contribution in [3.63, 3.8) is 0 Å². The third-order valence-electron chi connectivity index (χ3n) is 3.45. The van der Waals surface area contributed by atoms with E-state index in [0.717, 1.165) is 6.42 Å². The molecule has 0 aromatic carbocycles. The number of likely N-dealkylation sites (tertiary alicyclic amines) is 1. The van der Waals surface area contributed by atoms with Crippen LogP contribution >= 0.6 is 11.3 Å².